The van der Waals surface area contributed by atoms with E-state index in [1.807, 2.05) is 12.1 Å². The zero-order chi connectivity index (χ0) is 14.3. The number of methoxy groups -OCH3 is 1. The van der Waals surface area contributed by atoms with Crippen LogP contribution < -0.4 is 4.74 Å². The van der Waals surface area contributed by atoms with Gasteiger partial charge in [0.05, 0.1) is 7.11 Å². The Kier molecular flexibility index (Phi) is 3.33. The number of fused-ring (bicyclic) bond motifs is 2. The van der Waals surface area contributed by atoms with Gasteiger partial charge in [-0.15, -0.1) is 0 Å². The van der Waals surface area contributed by atoms with Crippen LogP contribution in [0.4, 0.5) is 0 Å². The molecule has 1 heterocycles. The molecule has 0 spiro atoms. The second kappa shape index (κ2) is 4.88. The molecular formula is C17H23NO2. The van der Waals surface area contributed by atoms with E-state index in [2.05, 4.69) is 31.0 Å². The van der Waals surface area contributed by atoms with Crippen LogP contribution in [0.3, 0.4) is 0 Å². The topological polar surface area (TPSA) is 29.5 Å². The minimum Gasteiger partial charge on any atom is -0.497 e. The fourth-order valence-corrected chi connectivity index (χ4v) is 4.13. The third-order valence-corrected chi connectivity index (χ3v) is 5.35. The van der Waals surface area contributed by atoms with E-state index in [0.29, 0.717) is 24.2 Å². The van der Waals surface area contributed by atoms with E-state index >= 15 is 0 Å². The molecular weight excluding hydrogens is 250 g/mol. The van der Waals surface area contributed by atoms with E-state index in [4.69, 9.17) is 4.74 Å². The lowest BCUT2D eigenvalue weighted by Gasteiger charge is -2.53. The summed E-state index contributed by atoms with van der Waals surface area (Å²) in [6.07, 6.45) is 2.49. The molecule has 1 aliphatic heterocycles. The number of nitrogens with zero attached hydrogens (tertiary/aromatic N) is 1. The highest BCUT2D eigenvalue weighted by molar-refractivity contribution is 5.82. The lowest BCUT2D eigenvalue weighted by Crippen LogP contribution is -2.57. The van der Waals surface area contributed by atoms with Crippen LogP contribution in [-0.2, 0) is 10.2 Å². The molecule has 1 aromatic carbocycles. The van der Waals surface area contributed by atoms with E-state index in [9.17, 15) is 4.79 Å². The third kappa shape index (κ3) is 2.05. The summed E-state index contributed by atoms with van der Waals surface area (Å²) in [5.41, 5.74) is 1.27. The van der Waals surface area contributed by atoms with Crippen LogP contribution in [0, 0.1) is 5.92 Å². The Morgan fingerprint density at radius 1 is 1.40 bits per heavy atom. The number of carbonyl (C=O) groups excluding carboxylic acids is 1. The molecule has 1 aliphatic carbocycles. The van der Waals surface area contributed by atoms with Crippen LogP contribution in [-0.4, -0.2) is 37.4 Å². The zero-order valence-corrected chi connectivity index (χ0v) is 12.6. The molecule has 2 bridgehead atoms. The van der Waals surface area contributed by atoms with Crippen LogP contribution in [0.15, 0.2) is 24.3 Å². The van der Waals surface area contributed by atoms with Gasteiger partial charge < -0.3 is 9.64 Å². The maximum atomic E-state index is 12.2. The second-order valence-corrected chi connectivity index (χ2v) is 6.51. The molecule has 1 aromatic rings. The Hall–Kier alpha value is -1.35. The van der Waals surface area contributed by atoms with Gasteiger partial charge in [-0.25, -0.2) is 0 Å². The Labute approximate surface area is 120 Å². The fraction of sp³-hybridized carbons (Fsp3) is 0.588. The van der Waals surface area contributed by atoms with Gasteiger partial charge in [-0.05, 0) is 37.1 Å². The highest BCUT2D eigenvalue weighted by Crippen LogP contribution is 2.48. The minimum absolute atomic E-state index is 0.00104. The van der Waals surface area contributed by atoms with Crippen LogP contribution in [0.2, 0.25) is 0 Å². The predicted octanol–water partition coefficient (Wildman–Crippen LogP) is 2.64. The van der Waals surface area contributed by atoms with Crippen molar-refractivity contribution in [3.8, 4) is 5.75 Å². The SMILES string of the molecule is COc1cccc([C@]23CC(=O)C[C@H](C2)N(C)C[C@@H]3C)c1. The molecule has 2 aliphatic rings. The van der Waals surface area contributed by atoms with Crippen LogP contribution in [0.25, 0.3) is 0 Å². The first-order valence-electron chi connectivity index (χ1n) is 7.41. The summed E-state index contributed by atoms with van der Waals surface area (Å²) in [5.74, 6) is 1.78. The molecule has 1 saturated heterocycles. The number of rotatable bonds is 2. The molecule has 3 atom stereocenters. The zero-order valence-electron chi connectivity index (χ0n) is 12.6. The number of likely N-dealkylation sites (tertiary alicyclic amines) is 1. The number of hydrogen-bond donors (Lipinski definition) is 0. The van der Waals surface area contributed by atoms with E-state index < -0.39 is 0 Å². The van der Waals surface area contributed by atoms with Crippen LogP contribution >= 0.6 is 0 Å². The van der Waals surface area contributed by atoms with Crippen molar-refractivity contribution >= 4 is 5.78 Å². The summed E-state index contributed by atoms with van der Waals surface area (Å²) in [6.45, 7) is 3.35. The van der Waals surface area contributed by atoms with E-state index in [1.54, 1.807) is 7.11 Å². The normalized spacial score (nSPS) is 34.0. The lowest BCUT2D eigenvalue weighted by atomic mass is 9.58. The van der Waals surface area contributed by atoms with Crippen molar-refractivity contribution in [3.63, 3.8) is 0 Å². The Balaban J connectivity index is 2.05. The van der Waals surface area contributed by atoms with Crippen LogP contribution in [0.5, 0.6) is 5.75 Å². The second-order valence-electron chi connectivity index (χ2n) is 6.51. The lowest BCUT2D eigenvalue weighted by molar-refractivity contribution is -0.127. The van der Waals surface area contributed by atoms with Gasteiger partial charge in [0.1, 0.15) is 11.5 Å². The van der Waals surface area contributed by atoms with Crippen molar-refractivity contribution < 1.29 is 9.53 Å². The maximum absolute atomic E-state index is 12.2. The first kappa shape index (κ1) is 13.6. The van der Waals surface area contributed by atoms with Crippen molar-refractivity contribution in [1.82, 2.24) is 4.90 Å². The molecule has 0 N–H and O–H groups in total. The van der Waals surface area contributed by atoms with Gasteiger partial charge in [0.25, 0.3) is 0 Å². The van der Waals surface area contributed by atoms with Crippen molar-refractivity contribution in [2.24, 2.45) is 5.92 Å². The van der Waals surface area contributed by atoms with Crippen molar-refractivity contribution in [2.45, 2.75) is 37.6 Å². The minimum atomic E-state index is 0.00104. The molecule has 0 unspecified atom stereocenters. The highest BCUT2D eigenvalue weighted by atomic mass is 16.5. The van der Waals surface area contributed by atoms with E-state index in [1.165, 1.54) is 5.56 Å². The van der Waals surface area contributed by atoms with E-state index in [-0.39, 0.29) is 5.41 Å². The van der Waals surface area contributed by atoms with Gasteiger partial charge in [0.15, 0.2) is 0 Å². The number of piperidine rings is 1. The van der Waals surface area contributed by atoms with Crippen molar-refractivity contribution in [2.75, 3.05) is 20.7 Å². The molecule has 108 valence electrons. The molecule has 3 nitrogen and oxygen atoms in total. The van der Waals surface area contributed by atoms with Gasteiger partial charge in [0, 0.05) is 30.8 Å². The Bertz CT molecular complexity index is 527. The fourth-order valence-electron chi connectivity index (χ4n) is 4.13. The summed E-state index contributed by atoms with van der Waals surface area (Å²) in [6, 6.07) is 8.71. The molecule has 2 fully saturated rings. The van der Waals surface area contributed by atoms with Crippen molar-refractivity contribution in [3.05, 3.63) is 29.8 Å². The van der Waals surface area contributed by atoms with E-state index in [0.717, 1.165) is 25.1 Å². The first-order chi connectivity index (χ1) is 9.55. The average molecular weight is 273 g/mol. The largest absolute Gasteiger partial charge is 0.497 e. The molecule has 3 heteroatoms. The number of ketones is 1. The Morgan fingerprint density at radius 2 is 2.20 bits per heavy atom. The summed E-state index contributed by atoms with van der Waals surface area (Å²) in [4.78, 5) is 14.6. The Morgan fingerprint density at radius 3 is 2.95 bits per heavy atom. The predicted molar refractivity (Wildman–Crippen MR) is 79.1 cm³/mol. The molecule has 1 saturated carbocycles. The quantitative estimate of drug-likeness (QED) is 0.829. The van der Waals surface area contributed by atoms with Gasteiger partial charge in [-0.2, -0.15) is 0 Å². The average Bonchev–Trinajstić information content (AvgIpc) is 2.45. The number of carbonyl (C=O) groups is 1. The number of benzene rings is 1. The highest BCUT2D eigenvalue weighted by Gasteiger charge is 2.49. The standard InChI is InChI=1S/C17H23NO2/c1-12-11-18(2)14-8-15(19)10-17(12,9-14)13-5-4-6-16(7-13)20-3/h4-7,12,14H,8-11H2,1-3H3/t12-,14+,17-/m0/s1. The molecule has 0 amide bonds. The first-order valence-corrected chi connectivity index (χ1v) is 7.41. The number of hydrogen-bond acceptors (Lipinski definition) is 3. The summed E-state index contributed by atoms with van der Waals surface area (Å²) >= 11 is 0. The third-order valence-electron chi connectivity index (χ3n) is 5.35. The summed E-state index contributed by atoms with van der Waals surface area (Å²) in [7, 11) is 3.85. The smallest absolute Gasteiger partial charge is 0.135 e. The molecule has 0 radical (unpaired) electrons. The van der Waals surface area contributed by atoms with Gasteiger partial charge >= 0.3 is 0 Å². The number of ether oxygens (including phenoxy) is 1. The van der Waals surface area contributed by atoms with Gasteiger partial charge in [0.2, 0.25) is 0 Å². The summed E-state index contributed by atoms with van der Waals surface area (Å²) < 4.78 is 5.37. The van der Waals surface area contributed by atoms with Gasteiger partial charge in [-0.1, -0.05) is 19.1 Å². The van der Waals surface area contributed by atoms with Crippen molar-refractivity contribution in [1.29, 1.82) is 0 Å². The molecule has 0 aromatic heterocycles. The molecule has 20 heavy (non-hydrogen) atoms. The van der Waals surface area contributed by atoms with Gasteiger partial charge in [-0.3, -0.25) is 4.79 Å². The monoisotopic (exact) mass is 273 g/mol. The summed E-state index contributed by atoms with van der Waals surface area (Å²) in [5, 5.41) is 0. The maximum Gasteiger partial charge on any atom is 0.135 e. The van der Waals surface area contributed by atoms with Crippen LogP contribution in [0.1, 0.15) is 31.7 Å². The number of Topliss-reactive ketones (excluding diaryl/α,β-unsaturated/α-hetero) is 1. The molecule has 3 rings (SSSR count).